The molecule has 0 radical (unpaired) electrons. The first kappa shape index (κ1) is 16.3. The van der Waals surface area contributed by atoms with Gasteiger partial charge < -0.3 is 20.1 Å². The van der Waals surface area contributed by atoms with Crippen LogP contribution in [0, 0.1) is 0 Å². The summed E-state index contributed by atoms with van der Waals surface area (Å²) >= 11 is 1.61. The highest BCUT2D eigenvalue weighted by Gasteiger charge is 2.10. The monoisotopic (exact) mass is 321 g/mol. The normalized spacial score (nSPS) is 11.7. The number of ether oxygens (including phenoxy) is 2. The number of nitrogens with zero attached hydrogens (tertiary/aromatic N) is 1. The van der Waals surface area contributed by atoms with Crippen molar-refractivity contribution in [2.45, 2.75) is 13.0 Å². The maximum absolute atomic E-state index is 11.9. The number of methoxy groups -OCH3 is 1. The molecule has 2 aromatic heterocycles. The number of urea groups is 1. The van der Waals surface area contributed by atoms with Crippen LogP contribution in [-0.2, 0) is 4.74 Å². The van der Waals surface area contributed by atoms with Crippen molar-refractivity contribution in [3.8, 4) is 5.88 Å². The van der Waals surface area contributed by atoms with E-state index >= 15 is 0 Å². The molecule has 0 aliphatic carbocycles. The third kappa shape index (κ3) is 5.01. The quantitative estimate of drug-likeness (QED) is 0.769. The van der Waals surface area contributed by atoms with Crippen molar-refractivity contribution >= 4 is 23.1 Å². The molecule has 2 amide bonds. The topological polar surface area (TPSA) is 72.5 Å². The van der Waals surface area contributed by atoms with E-state index in [2.05, 4.69) is 15.6 Å². The summed E-state index contributed by atoms with van der Waals surface area (Å²) in [6.07, 6.45) is 1.55. The van der Waals surface area contributed by atoms with Gasteiger partial charge in [0.15, 0.2) is 0 Å². The number of amides is 2. The van der Waals surface area contributed by atoms with Crippen molar-refractivity contribution in [3.63, 3.8) is 0 Å². The number of pyridine rings is 1. The van der Waals surface area contributed by atoms with Crippen LogP contribution in [-0.4, -0.2) is 31.3 Å². The van der Waals surface area contributed by atoms with Gasteiger partial charge in [0.25, 0.3) is 0 Å². The minimum Gasteiger partial charge on any atom is -0.475 e. The lowest BCUT2D eigenvalue weighted by atomic mass is 10.3. The van der Waals surface area contributed by atoms with Crippen molar-refractivity contribution in [2.75, 3.05) is 25.6 Å². The molecule has 2 heterocycles. The molecular weight excluding hydrogens is 302 g/mol. The first-order chi connectivity index (χ1) is 10.7. The van der Waals surface area contributed by atoms with Crippen LogP contribution in [0.25, 0.3) is 0 Å². The van der Waals surface area contributed by atoms with Gasteiger partial charge in [0.05, 0.1) is 24.5 Å². The molecule has 0 bridgehead atoms. The molecule has 0 aliphatic heterocycles. The van der Waals surface area contributed by atoms with E-state index in [0.29, 0.717) is 24.8 Å². The van der Waals surface area contributed by atoms with E-state index in [9.17, 15) is 4.79 Å². The Bertz CT molecular complexity index is 572. The van der Waals surface area contributed by atoms with Crippen molar-refractivity contribution < 1.29 is 14.3 Å². The van der Waals surface area contributed by atoms with Gasteiger partial charge in [0, 0.05) is 18.1 Å². The molecule has 0 aliphatic rings. The number of rotatable bonds is 7. The van der Waals surface area contributed by atoms with Crippen LogP contribution >= 0.6 is 11.3 Å². The number of anilines is 1. The van der Waals surface area contributed by atoms with E-state index in [0.717, 1.165) is 4.88 Å². The molecule has 2 N–H and O–H groups in total. The van der Waals surface area contributed by atoms with Crippen molar-refractivity contribution in [3.05, 3.63) is 40.7 Å². The molecule has 0 aromatic carbocycles. The van der Waals surface area contributed by atoms with Gasteiger partial charge in [-0.15, -0.1) is 11.3 Å². The van der Waals surface area contributed by atoms with Gasteiger partial charge in [-0.25, -0.2) is 9.78 Å². The molecular formula is C15H19N3O3S. The maximum Gasteiger partial charge on any atom is 0.319 e. The Morgan fingerprint density at radius 1 is 1.36 bits per heavy atom. The molecule has 2 aromatic rings. The lowest BCUT2D eigenvalue weighted by Gasteiger charge is -2.13. The van der Waals surface area contributed by atoms with Gasteiger partial charge in [-0.2, -0.15) is 0 Å². The van der Waals surface area contributed by atoms with E-state index in [1.165, 1.54) is 0 Å². The minimum atomic E-state index is -0.268. The smallest absolute Gasteiger partial charge is 0.319 e. The molecule has 1 atom stereocenters. The molecule has 0 unspecified atom stereocenters. The van der Waals surface area contributed by atoms with Gasteiger partial charge in [0.1, 0.15) is 6.61 Å². The van der Waals surface area contributed by atoms with E-state index in [4.69, 9.17) is 9.47 Å². The SMILES string of the molecule is COCCOc1ccc(NC(=O)N[C@H](C)c2cccs2)cn1. The first-order valence-corrected chi connectivity index (χ1v) is 7.75. The summed E-state index contributed by atoms with van der Waals surface area (Å²) < 4.78 is 10.2. The number of aromatic nitrogens is 1. The van der Waals surface area contributed by atoms with Crippen LogP contribution in [0.1, 0.15) is 17.8 Å². The van der Waals surface area contributed by atoms with Crippen molar-refractivity contribution in [2.24, 2.45) is 0 Å². The van der Waals surface area contributed by atoms with Crippen LogP contribution in [0.2, 0.25) is 0 Å². The lowest BCUT2D eigenvalue weighted by Crippen LogP contribution is -2.30. The summed E-state index contributed by atoms with van der Waals surface area (Å²) in [7, 11) is 1.61. The Hall–Kier alpha value is -2.12. The van der Waals surface area contributed by atoms with Crippen LogP contribution in [0.4, 0.5) is 10.5 Å². The zero-order valence-corrected chi connectivity index (χ0v) is 13.4. The van der Waals surface area contributed by atoms with E-state index in [-0.39, 0.29) is 12.1 Å². The predicted molar refractivity (Wildman–Crippen MR) is 86.5 cm³/mol. The van der Waals surface area contributed by atoms with E-state index < -0.39 is 0 Å². The van der Waals surface area contributed by atoms with Crippen molar-refractivity contribution in [1.29, 1.82) is 0 Å². The van der Waals surface area contributed by atoms with Gasteiger partial charge in [-0.3, -0.25) is 0 Å². The second kappa shape index (κ2) is 8.35. The fourth-order valence-electron chi connectivity index (χ4n) is 1.74. The molecule has 6 nitrogen and oxygen atoms in total. The van der Waals surface area contributed by atoms with Gasteiger partial charge in [-0.05, 0) is 24.4 Å². The summed E-state index contributed by atoms with van der Waals surface area (Å²) in [5.41, 5.74) is 0.606. The summed E-state index contributed by atoms with van der Waals surface area (Å²) in [4.78, 5) is 17.1. The Kier molecular flexibility index (Phi) is 6.17. The fourth-order valence-corrected chi connectivity index (χ4v) is 2.48. The predicted octanol–water partition coefficient (Wildman–Crippen LogP) is 3.05. The molecule has 0 saturated carbocycles. The van der Waals surface area contributed by atoms with Crippen LogP contribution in [0.15, 0.2) is 35.8 Å². The third-order valence-electron chi connectivity index (χ3n) is 2.85. The van der Waals surface area contributed by atoms with Crippen molar-refractivity contribution in [1.82, 2.24) is 10.3 Å². The Morgan fingerprint density at radius 2 is 2.23 bits per heavy atom. The van der Waals surface area contributed by atoms with Gasteiger partial charge in [-0.1, -0.05) is 6.07 Å². The number of carbonyl (C=O) groups excluding carboxylic acids is 1. The highest BCUT2D eigenvalue weighted by Crippen LogP contribution is 2.18. The molecule has 0 spiro atoms. The average Bonchev–Trinajstić information content (AvgIpc) is 3.03. The van der Waals surface area contributed by atoms with E-state index in [1.54, 1.807) is 36.8 Å². The van der Waals surface area contributed by atoms with Crippen LogP contribution in [0.5, 0.6) is 5.88 Å². The zero-order chi connectivity index (χ0) is 15.8. The number of carbonyl (C=O) groups is 1. The summed E-state index contributed by atoms with van der Waals surface area (Å²) in [6.45, 7) is 2.89. The molecule has 22 heavy (non-hydrogen) atoms. The summed E-state index contributed by atoms with van der Waals surface area (Å²) in [5.74, 6) is 0.495. The van der Waals surface area contributed by atoms with Gasteiger partial charge in [0.2, 0.25) is 5.88 Å². The number of nitrogens with one attached hydrogen (secondary N) is 2. The fraction of sp³-hybridized carbons (Fsp3) is 0.333. The highest BCUT2D eigenvalue weighted by molar-refractivity contribution is 7.10. The highest BCUT2D eigenvalue weighted by atomic mass is 32.1. The summed E-state index contributed by atoms with van der Waals surface area (Å²) in [5, 5.41) is 7.60. The molecule has 0 fully saturated rings. The number of thiophene rings is 1. The van der Waals surface area contributed by atoms with Gasteiger partial charge >= 0.3 is 6.03 Å². The molecule has 7 heteroatoms. The minimum absolute atomic E-state index is 0.0374. The molecule has 2 rings (SSSR count). The van der Waals surface area contributed by atoms with E-state index in [1.807, 2.05) is 24.4 Å². The number of hydrogen-bond donors (Lipinski definition) is 2. The largest absolute Gasteiger partial charge is 0.475 e. The number of hydrogen-bond acceptors (Lipinski definition) is 5. The Balaban J connectivity index is 1.81. The van der Waals surface area contributed by atoms with Crippen LogP contribution < -0.4 is 15.4 Å². The standard InChI is InChI=1S/C15H19N3O3S/c1-11(13-4-3-9-22-13)17-15(19)18-12-5-6-14(16-10-12)21-8-7-20-2/h3-6,9-11H,7-8H2,1-2H3,(H2,17,18,19)/t11-/m1/s1. The first-order valence-electron chi connectivity index (χ1n) is 6.87. The second-order valence-corrected chi connectivity index (χ2v) is 5.54. The molecule has 118 valence electrons. The average molecular weight is 321 g/mol. The van der Waals surface area contributed by atoms with Crippen LogP contribution in [0.3, 0.4) is 0 Å². The maximum atomic E-state index is 11.9. The second-order valence-electron chi connectivity index (χ2n) is 4.56. The third-order valence-corrected chi connectivity index (χ3v) is 3.90. The zero-order valence-electron chi connectivity index (χ0n) is 12.5. The Morgan fingerprint density at radius 3 is 2.86 bits per heavy atom. The Labute approximate surface area is 133 Å². The lowest BCUT2D eigenvalue weighted by molar-refractivity contribution is 0.144. The summed E-state index contributed by atoms with van der Waals surface area (Å²) in [6, 6.07) is 7.09. The molecule has 0 saturated heterocycles.